The number of nitrogens with one attached hydrogen (secondary N) is 1. The van der Waals surface area contributed by atoms with Gasteiger partial charge in [0.25, 0.3) is 0 Å². The second-order valence-electron chi connectivity index (χ2n) is 4.44. The topological polar surface area (TPSA) is 63.0 Å². The van der Waals surface area contributed by atoms with E-state index in [-0.39, 0.29) is 4.75 Å². The molecule has 0 radical (unpaired) electrons. The summed E-state index contributed by atoms with van der Waals surface area (Å²) in [5.74, 6) is 0. The van der Waals surface area contributed by atoms with Gasteiger partial charge in [-0.25, -0.2) is 9.79 Å². The van der Waals surface area contributed by atoms with E-state index < -0.39 is 6.09 Å². The number of carbonyl (C=O) groups excluding carboxylic acids is 1. The molecule has 0 atom stereocenters. The number of hydrogen-bond acceptors (Lipinski definition) is 4. The molecule has 100 valence electrons. The van der Waals surface area contributed by atoms with Gasteiger partial charge in [-0.2, -0.15) is 0 Å². The van der Waals surface area contributed by atoms with Crippen molar-refractivity contribution in [2.75, 3.05) is 7.05 Å². The molecule has 6 heteroatoms. The van der Waals surface area contributed by atoms with Crippen LogP contribution in [0.2, 0.25) is 0 Å². The molecule has 0 saturated carbocycles. The predicted molar refractivity (Wildman–Crippen MR) is 77.6 cm³/mol. The number of hydrogen-bond donors (Lipinski definition) is 1. The molecule has 0 bridgehead atoms. The maximum atomic E-state index is 11.0. The van der Waals surface area contributed by atoms with E-state index in [9.17, 15) is 4.79 Å². The number of aliphatic imine (C=N–C) groups is 1. The van der Waals surface area contributed by atoms with Crippen molar-refractivity contribution >= 4 is 28.7 Å². The normalized spacial score (nSPS) is 19.1. The van der Waals surface area contributed by atoms with E-state index in [4.69, 9.17) is 0 Å². The Morgan fingerprint density at radius 1 is 1.37 bits per heavy atom. The summed E-state index contributed by atoms with van der Waals surface area (Å²) >= 11 is 1.46. The Kier molecular flexibility index (Phi) is 3.90. The summed E-state index contributed by atoms with van der Waals surface area (Å²) in [6.07, 6.45) is -0.603. The number of oxime groups is 1. The van der Waals surface area contributed by atoms with Crippen LogP contribution in [0.25, 0.3) is 0 Å². The van der Waals surface area contributed by atoms with Crippen molar-refractivity contribution in [2.45, 2.75) is 18.6 Å². The zero-order chi connectivity index (χ0) is 13.9. The summed E-state index contributed by atoms with van der Waals surface area (Å²) in [5, 5.41) is 6.52. The highest BCUT2D eigenvalue weighted by molar-refractivity contribution is 8.16. The predicted octanol–water partition coefficient (Wildman–Crippen LogP) is 2.63. The molecule has 0 fully saturated rings. The maximum Gasteiger partial charge on any atom is 0.433 e. The Bertz CT molecular complexity index is 538. The van der Waals surface area contributed by atoms with Crippen LogP contribution in [0.1, 0.15) is 19.4 Å². The monoisotopic (exact) mass is 277 g/mol. The summed E-state index contributed by atoms with van der Waals surface area (Å²) in [5.41, 5.74) is 1.97. The first-order chi connectivity index (χ1) is 9.03. The van der Waals surface area contributed by atoms with Crippen molar-refractivity contribution in [3.8, 4) is 0 Å². The van der Waals surface area contributed by atoms with Crippen molar-refractivity contribution in [1.29, 1.82) is 0 Å². The van der Waals surface area contributed by atoms with Gasteiger partial charge in [-0.15, -0.1) is 0 Å². The van der Waals surface area contributed by atoms with Gasteiger partial charge in [0.1, 0.15) is 0 Å². The fourth-order valence-corrected chi connectivity index (χ4v) is 2.63. The van der Waals surface area contributed by atoms with Gasteiger partial charge in [0.05, 0.1) is 10.5 Å². The summed E-state index contributed by atoms with van der Waals surface area (Å²) in [6.45, 7) is 4.12. The first-order valence-electron chi connectivity index (χ1n) is 5.83. The minimum Gasteiger partial charge on any atom is -0.323 e. The van der Waals surface area contributed by atoms with E-state index >= 15 is 0 Å². The van der Waals surface area contributed by atoms with Crippen molar-refractivity contribution in [1.82, 2.24) is 5.32 Å². The Hall–Kier alpha value is -1.82. The highest BCUT2D eigenvalue weighted by Crippen LogP contribution is 2.36. The molecule has 5 nitrogen and oxygen atoms in total. The average molecular weight is 277 g/mol. The summed E-state index contributed by atoms with van der Waals surface area (Å²) < 4.78 is -0.202. The molecule has 0 saturated heterocycles. The SMILES string of the molecule is CNC(=O)O/N=C1/N=C(c2ccccc2)C(C)(C)S1. The van der Waals surface area contributed by atoms with Crippen LogP contribution in [0.5, 0.6) is 0 Å². The Morgan fingerprint density at radius 3 is 2.68 bits per heavy atom. The number of benzene rings is 1. The number of amides is 1. The Balaban J connectivity index is 2.25. The van der Waals surface area contributed by atoms with Crippen LogP contribution in [-0.2, 0) is 4.84 Å². The third-order valence-corrected chi connectivity index (χ3v) is 3.63. The largest absolute Gasteiger partial charge is 0.433 e. The number of thioether (sulfide) groups is 1. The molecular weight excluding hydrogens is 262 g/mol. The molecule has 1 aliphatic rings. The van der Waals surface area contributed by atoms with Gasteiger partial charge in [-0.3, -0.25) is 4.84 Å². The highest BCUT2D eigenvalue weighted by atomic mass is 32.2. The summed E-state index contributed by atoms with van der Waals surface area (Å²) in [4.78, 5) is 20.1. The lowest BCUT2D eigenvalue weighted by molar-refractivity contribution is 0.153. The number of rotatable bonds is 2. The van der Waals surface area contributed by atoms with Crippen molar-refractivity contribution < 1.29 is 9.63 Å². The molecule has 0 unspecified atom stereocenters. The van der Waals surface area contributed by atoms with Crippen LogP contribution in [0.15, 0.2) is 40.5 Å². The molecule has 0 aliphatic carbocycles. The lowest BCUT2D eigenvalue weighted by Gasteiger charge is -2.18. The van der Waals surface area contributed by atoms with Crippen LogP contribution < -0.4 is 5.32 Å². The van der Waals surface area contributed by atoms with Gasteiger partial charge < -0.3 is 5.32 Å². The molecule has 1 amide bonds. The zero-order valence-corrected chi connectivity index (χ0v) is 11.8. The van der Waals surface area contributed by atoms with Gasteiger partial charge in [-0.05, 0) is 24.6 Å². The van der Waals surface area contributed by atoms with Gasteiger partial charge in [-0.1, -0.05) is 42.1 Å². The molecule has 0 spiro atoms. The third kappa shape index (κ3) is 3.14. The van der Waals surface area contributed by atoms with Gasteiger partial charge in [0.2, 0.25) is 5.17 Å². The number of carbonyl (C=O) groups is 1. The lowest BCUT2D eigenvalue weighted by Crippen LogP contribution is -2.24. The smallest absolute Gasteiger partial charge is 0.323 e. The first kappa shape index (κ1) is 13.6. The number of amidine groups is 1. The first-order valence-corrected chi connectivity index (χ1v) is 6.65. The second kappa shape index (κ2) is 5.44. The number of nitrogens with zero attached hydrogens (tertiary/aromatic N) is 2. The van der Waals surface area contributed by atoms with Crippen molar-refractivity contribution in [2.24, 2.45) is 10.1 Å². The van der Waals surface area contributed by atoms with Crippen LogP contribution >= 0.6 is 11.8 Å². The molecule has 1 heterocycles. The molecule has 1 aliphatic heterocycles. The molecule has 19 heavy (non-hydrogen) atoms. The molecule has 1 aromatic carbocycles. The molecule has 2 rings (SSSR count). The molecule has 1 N–H and O–H groups in total. The standard InChI is InChI=1S/C13H15N3O2S/c1-13(2)10(9-7-5-4-6-8-9)15-11(19-13)16-18-12(17)14-3/h4-8H,1-3H3,(H,14,17)/b16-11-. The summed E-state index contributed by atoms with van der Waals surface area (Å²) in [7, 11) is 1.48. The van der Waals surface area contributed by atoms with Crippen molar-refractivity contribution in [3.05, 3.63) is 35.9 Å². The summed E-state index contributed by atoms with van der Waals surface area (Å²) in [6, 6.07) is 9.90. The van der Waals surface area contributed by atoms with Crippen LogP contribution in [0.4, 0.5) is 4.79 Å². The second-order valence-corrected chi connectivity index (χ2v) is 6.03. The van der Waals surface area contributed by atoms with Crippen LogP contribution in [-0.4, -0.2) is 28.8 Å². The van der Waals surface area contributed by atoms with Crippen LogP contribution in [0.3, 0.4) is 0 Å². The van der Waals surface area contributed by atoms with Crippen LogP contribution in [0, 0.1) is 0 Å². The van der Waals surface area contributed by atoms with Gasteiger partial charge >= 0.3 is 6.09 Å². The fraction of sp³-hybridized carbons (Fsp3) is 0.308. The quantitative estimate of drug-likeness (QED) is 0.667. The van der Waals surface area contributed by atoms with E-state index in [2.05, 4.69) is 34.1 Å². The molecule has 0 aromatic heterocycles. The zero-order valence-electron chi connectivity index (χ0n) is 11.0. The van der Waals surface area contributed by atoms with E-state index in [1.54, 1.807) is 0 Å². The molecule has 1 aromatic rings. The third-order valence-electron chi connectivity index (χ3n) is 2.58. The van der Waals surface area contributed by atoms with E-state index in [1.807, 2.05) is 30.3 Å². The minimum absolute atomic E-state index is 0.202. The average Bonchev–Trinajstić information content (AvgIpc) is 2.72. The Morgan fingerprint density at radius 2 is 2.05 bits per heavy atom. The lowest BCUT2D eigenvalue weighted by atomic mass is 9.99. The minimum atomic E-state index is -0.603. The highest BCUT2D eigenvalue weighted by Gasteiger charge is 2.35. The maximum absolute atomic E-state index is 11.0. The fourth-order valence-electron chi connectivity index (χ4n) is 1.70. The molecular formula is C13H15N3O2S. The van der Waals surface area contributed by atoms with E-state index in [0.29, 0.717) is 5.17 Å². The van der Waals surface area contributed by atoms with E-state index in [0.717, 1.165) is 11.3 Å². The van der Waals surface area contributed by atoms with Crippen molar-refractivity contribution in [3.63, 3.8) is 0 Å². The van der Waals surface area contributed by atoms with E-state index in [1.165, 1.54) is 18.8 Å². The Labute approximate surface area is 116 Å². The van der Waals surface area contributed by atoms with Gasteiger partial charge in [0.15, 0.2) is 0 Å². The van der Waals surface area contributed by atoms with Gasteiger partial charge in [0, 0.05) is 7.05 Å².